The number of amides is 1. The molecule has 16 heavy (non-hydrogen) atoms. The van der Waals surface area contributed by atoms with Gasteiger partial charge in [0, 0.05) is 12.7 Å². The van der Waals surface area contributed by atoms with Gasteiger partial charge in [-0.2, -0.15) is 5.10 Å². The van der Waals surface area contributed by atoms with Crippen LogP contribution >= 0.6 is 0 Å². The lowest BCUT2D eigenvalue weighted by molar-refractivity contribution is -0.125. The summed E-state index contributed by atoms with van der Waals surface area (Å²) in [6.07, 6.45) is 2.43. The highest BCUT2D eigenvalue weighted by molar-refractivity contribution is 7.89. The van der Waals surface area contributed by atoms with E-state index in [1.807, 2.05) is 0 Å². The summed E-state index contributed by atoms with van der Waals surface area (Å²) >= 11 is 0. The lowest BCUT2D eigenvalue weighted by Gasteiger charge is -2.20. The minimum atomic E-state index is -3.64. The SMILES string of the molecule is CC(C)(CNS(=O)(=O)c1cn[nH]c1)C(N)=O. The number of carbonyl (C=O) groups is 1. The lowest BCUT2D eigenvalue weighted by Crippen LogP contribution is -2.42. The van der Waals surface area contributed by atoms with E-state index in [0.717, 1.165) is 0 Å². The molecule has 1 aromatic rings. The highest BCUT2D eigenvalue weighted by atomic mass is 32.2. The third-order valence-electron chi connectivity index (χ3n) is 2.15. The minimum Gasteiger partial charge on any atom is -0.369 e. The highest BCUT2D eigenvalue weighted by Crippen LogP contribution is 2.14. The van der Waals surface area contributed by atoms with Crippen LogP contribution in [0.5, 0.6) is 0 Å². The van der Waals surface area contributed by atoms with Gasteiger partial charge in [-0.05, 0) is 13.8 Å². The second kappa shape index (κ2) is 4.22. The molecule has 0 unspecified atom stereocenters. The summed E-state index contributed by atoms with van der Waals surface area (Å²) in [7, 11) is -3.64. The van der Waals surface area contributed by atoms with Crippen LogP contribution in [0.2, 0.25) is 0 Å². The maximum Gasteiger partial charge on any atom is 0.243 e. The van der Waals surface area contributed by atoms with Crippen molar-refractivity contribution in [3.8, 4) is 0 Å². The molecule has 1 aromatic heterocycles. The van der Waals surface area contributed by atoms with Crippen LogP contribution in [-0.2, 0) is 14.8 Å². The Morgan fingerprint density at radius 3 is 2.69 bits per heavy atom. The number of carbonyl (C=O) groups excluding carboxylic acids is 1. The van der Waals surface area contributed by atoms with Crippen molar-refractivity contribution >= 4 is 15.9 Å². The van der Waals surface area contributed by atoms with Gasteiger partial charge in [0.2, 0.25) is 15.9 Å². The smallest absolute Gasteiger partial charge is 0.243 e. The Balaban J connectivity index is 2.74. The number of hydrogen-bond donors (Lipinski definition) is 3. The Labute approximate surface area is 93.5 Å². The average molecular weight is 246 g/mol. The zero-order chi connectivity index (χ0) is 12.4. The molecule has 0 aromatic carbocycles. The van der Waals surface area contributed by atoms with E-state index in [1.54, 1.807) is 13.8 Å². The summed E-state index contributed by atoms with van der Waals surface area (Å²) in [5.41, 5.74) is 4.19. The van der Waals surface area contributed by atoms with E-state index in [4.69, 9.17) is 5.73 Å². The molecule has 1 heterocycles. The van der Waals surface area contributed by atoms with E-state index in [2.05, 4.69) is 14.9 Å². The zero-order valence-electron chi connectivity index (χ0n) is 9.02. The molecule has 0 aliphatic heterocycles. The van der Waals surface area contributed by atoms with E-state index in [-0.39, 0.29) is 11.4 Å². The van der Waals surface area contributed by atoms with E-state index in [9.17, 15) is 13.2 Å². The molecule has 0 atom stereocenters. The van der Waals surface area contributed by atoms with Gasteiger partial charge in [-0.25, -0.2) is 13.1 Å². The number of primary amides is 1. The molecule has 4 N–H and O–H groups in total. The van der Waals surface area contributed by atoms with Crippen LogP contribution in [0.4, 0.5) is 0 Å². The van der Waals surface area contributed by atoms with Crippen LogP contribution < -0.4 is 10.5 Å². The third kappa shape index (κ3) is 2.80. The molecule has 0 saturated heterocycles. The third-order valence-corrected chi connectivity index (χ3v) is 3.52. The number of H-pyrrole nitrogens is 1. The molecular formula is C8H14N4O3S. The molecule has 0 bridgehead atoms. The molecule has 90 valence electrons. The van der Waals surface area contributed by atoms with Crippen LogP contribution in [0.15, 0.2) is 17.3 Å². The topological polar surface area (TPSA) is 118 Å². The molecule has 0 saturated carbocycles. The fourth-order valence-electron chi connectivity index (χ4n) is 0.832. The lowest BCUT2D eigenvalue weighted by atomic mass is 9.93. The largest absolute Gasteiger partial charge is 0.369 e. The van der Waals surface area contributed by atoms with Gasteiger partial charge < -0.3 is 5.73 Å². The zero-order valence-corrected chi connectivity index (χ0v) is 9.84. The first-order chi connectivity index (χ1) is 7.26. The Bertz CT molecular complexity index is 463. The van der Waals surface area contributed by atoms with E-state index in [0.29, 0.717) is 0 Å². The maximum absolute atomic E-state index is 11.6. The Morgan fingerprint density at radius 1 is 1.62 bits per heavy atom. The summed E-state index contributed by atoms with van der Waals surface area (Å²) in [6, 6.07) is 0. The van der Waals surface area contributed by atoms with Gasteiger partial charge in [0.15, 0.2) is 0 Å². The van der Waals surface area contributed by atoms with E-state index < -0.39 is 21.3 Å². The van der Waals surface area contributed by atoms with Gasteiger partial charge in [0.05, 0.1) is 11.6 Å². The van der Waals surface area contributed by atoms with Gasteiger partial charge in [-0.15, -0.1) is 0 Å². The number of nitrogens with two attached hydrogens (primary N) is 1. The van der Waals surface area contributed by atoms with E-state index >= 15 is 0 Å². The fourth-order valence-corrected chi connectivity index (χ4v) is 1.95. The van der Waals surface area contributed by atoms with Crippen molar-refractivity contribution in [2.24, 2.45) is 11.1 Å². The summed E-state index contributed by atoms with van der Waals surface area (Å²) in [6.45, 7) is 3.07. The number of sulfonamides is 1. The fraction of sp³-hybridized carbons (Fsp3) is 0.500. The monoisotopic (exact) mass is 246 g/mol. The van der Waals surface area contributed by atoms with Crippen LogP contribution in [-0.4, -0.2) is 31.1 Å². The second-order valence-corrected chi connectivity index (χ2v) is 5.77. The molecular weight excluding hydrogens is 232 g/mol. The molecule has 0 fully saturated rings. The van der Waals surface area contributed by atoms with Crippen LogP contribution in [0.3, 0.4) is 0 Å². The van der Waals surface area contributed by atoms with Crippen molar-refractivity contribution < 1.29 is 13.2 Å². The van der Waals surface area contributed by atoms with Gasteiger partial charge in [0.25, 0.3) is 0 Å². The molecule has 0 radical (unpaired) electrons. The van der Waals surface area contributed by atoms with Crippen LogP contribution in [0, 0.1) is 5.41 Å². The Hall–Kier alpha value is -1.41. The van der Waals surface area contributed by atoms with Gasteiger partial charge in [0.1, 0.15) is 4.90 Å². The van der Waals surface area contributed by atoms with Crippen LogP contribution in [0.1, 0.15) is 13.8 Å². The Morgan fingerprint density at radius 2 is 2.25 bits per heavy atom. The first kappa shape index (κ1) is 12.7. The predicted octanol–water partition coefficient (Wildman–Crippen LogP) is -0.800. The summed E-state index contributed by atoms with van der Waals surface area (Å²) in [5.74, 6) is -0.567. The number of nitrogens with one attached hydrogen (secondary N) is 2. The highest BCUT2D eigenvalue weighted by Gasteiger charge is 2.27. The number of hydrogen-bond acceptors (Lipinski definition) is 4. The molecule has 0 aliphatic carbocycles. The molecule has 0 spiro atoms. The minimum absolute atomic E-state index is 0.0211. The molecule has 7 nitrogen and oxygen atoms in total. The summed E-state index contributed by atoms with van der Waals surface area (Å²) in [4.78, 5) is 11.0. The number of nitrogens with zero attached hydrogens (tertiary/aromatic N) is 1. The van der Waals surface area contributed by atoms with Crippen LogP contribution in [0.25, 0.3) is 0 Å². The number of aromatic nitrogens is 2. The standard InChI is InChI=1S/C8H14N4O3S/c1-8(2,7(9)13)5-12-16(14,15)6-3-10-11-4-6/h3-4,12H,5H2,1-2H3,(H2,9,13)(H,10,11). The van der Waals surface area contributed by atoms with Gasteiger partial charge in [-0.1, -0.05) is 0 Å². The number of aromatic amines is 1. The first-order valence-electron chi connectivity index (χ1n) is 4.54. The molecule has 0 aliphatic rings. The quantitative estimate of drug-likeness (QED) is 0.630. The predicted molar refractivity (Wildman–Crippen MR) is 56.8 cm³/mol. The van der Waals surface area contributed by atoms with Crippen molar-refractivity contribution in [2.45, 2.75) is 18.7 Å². The molecule has 1 amide bonds. The Kier molecular flexibility index (Phi) is 3.34. The van der Waals surface area contributed by atoms with E-state index in [1.165, 1.54) is 12.4 Å². The maximum atomic E-state index is 11.6. The first-order valence-corrected chi connectivity index (χ1v) is 6.02. The van der Waals surface area contributed by atoms with Crippen molar-refractivity contribution in [3.05, 3.63) is 12.4 Å². The van der Waals surface area contributed by atoms with Gasteiger partial charge in [-0.3, -0.25) is 9.89 Å². The average Bonchev–Trinajstić information content (AvgIpc) is 2.68. The molecule has 8 heteroatoms. The van der Waals surface area contributed by atoms with Crippen molar-refractivity contribution in [1.29, 1.82) is 0 Å². The van der Waals surface area contributed by atoms with Crippen molar-refractivity contribution in [1.82, 2.24) is 14.9 Å². The normalized spacial score (nSPS) is 12.6. The summed E-state index contributed by atoms with van der Waals surface area (Å²) < 4.78 is 25.6. The molecule has 1 rings (SSSR count). The summed E-state index contributed by atoms with van der Waals surface area (Å²) in [5, 5.41) is 5.93. The number of rotatable bonds is 5. The van der Waals surface area contributed by atoms with Crippen molar-refractivity contribution in [3.63, 3.8) is 0 Å². The van der Waals surface area contributed by atoms with Gasteiger partial charge >= 0.3 is 0 Å². The second-order valence-electron chi connectivity index (χ2n) is 4.01. The van der Waals surface area contributed by atoms with Crippen molar-refractivity contribution in [2.75, 3.05) is 6.54 Å².